The van der Waals surface area contributed by atoms with Gasteiger partial charge in [-0.2, -0.15) is 0 Å². The van der Waals surface area contributed by atoms with Gasteiger partial charge in [0.25, 0.3) is 0 Å². The Hall–Kier alpha value is -1.89. The first kappa shape index (κ1) is 16.0. The van der Waals surface area contributed by atoms with Crippen LogP contribution in [-0.2, 0) is 19.2 Å². The van der Waals surface area contributed by atoms with Gasteiger partial charge in [0.2, 0.25) is 0 Å². The van der Waals surface area contributed by atoms with Crippen LogP contribution in [0, 0.1) is 0 Å². The van der Waals surface area contributed by atoms with Crippen molar-refractivity contribution < 1.29 is 19.2 Å². The van der Waals surface area contributed by atoms with Crippen LogP contribution in [0.15, 0.2) is 105 Å². The van der Waals surface area contributed by atoms with Crippen molar-refractivity contribution in [1.82, 2.24) is 0 Å². The van der Waals surface area contributed by atoms with Crippen molar-refractivity contribution in [2.75, 3.05) is 0 Å². The van der Waals surface area contributed by atoms with Crippen molar-refractivity contribution in [1.29, 1.82) is 0 Å². The molecule has 2 aliphatic rings. The summed E-state index contributed by atoms with van der Waals surface area (Å²) in [5.74, 6) is 0. The third-order valence-electron chi connectivity index (χ3n) is 3.74. The molecule has 23 heavy (non-hydrogen) atoms. The van der Waals surface area contributed by atoms with E-state index < -0.39 is 0 Å². The maximum atomic E-state index is 2.29. The van der Waals surface area contributed by atoms with Crippen LogP contribution in [0.4, 0.5) is 0 Å². The number of hydrogen-bond donors (Lipinski definition) is 0. The van der Waals surface area contributed by atoms with E-state index in [-0.39, 0.29) is 19.2 Å². The molecule has 0 saturated carbocycles. The monoisotopic (exact) mass is 332 g/mol. The van der Waals surface area contributed by atoms with Gasteiger partial charge in [-0.3, -0.25) is 0 Å². The molecule has 0 saturated heterocycles. The first-order chi connectivity index (χ1) is 11.4. The van der Waals surface area contributed by atoms with Crippen LogP contribution < -0.4 is 0 Å². The smallest absolute Gasteiger partial charge is 0.0184 e. The van der Waals surface area contributed by atoms with Gasteiger partial charge in [-0.1, -0.05) is 60.7 Å². The minimum absolute atomic E-state index is 0.0833. The number of benzene rings is 2. The molecular weight excluding hydrogens is 312 g/mol. The fraction of sp³-hybridized carbons (Fsp3) is 0.0909. The summed E-state index contributed by atoms with van der Waals surface area (Å²) in [4.78, 5) is 0. The van der Waals surface area contributed by atoms with Gasteiger partial charge in [0.15, 0.2) is 0 Å². The summed E-state index contributed by atoms with van der Waals surface area (Å²) >= 11 is 0.0833. The van der Waals surface area contributed by atoms with E-state index in [9.17, 15) is 0 Å². The van der Waals surface area contributed by atoms with Gasteiger partial charge in [-0.15, -0.1) is 0 Å². The molecule has 4 rings (SSSR count). The van der Waals surface area contributed by atoms with Crippen LogP contribution in [0.25, 0.3) is 11.1 Å². The zero-order chi connectivity index (χ0) is 15.7. The molecular formula is C22H20Ti. The van der Waals surface area contributed by atoms with E-state index in [0.29, 0.717) is 0 Å². The van der Waals surface area contributed by atoms with Crippen LogP contribution in [-0.4, -0.2) is 0 Å². The summed E-state index contributed by atoms with van der Waals surface area (Å²) < 4.78 is 3.36. The molecule has 0 spiro atoms. The summed E-state index contributed by atoms with van der Waals surface area (Å²) in [6.07, 6.45) is 15.9. The quantitative estimate of drug-likeness (QED) is 0.595. The number of rotatable bonds is 3. The van der Waals surface area contributed by atoms with Crippen LogP contribution in [0.2, 0.25) is 0 Å². The van der Waals surface area contributed by atoms with Gasteiger partial charge < -0.3 is 0 Å². The second kappa shape index (κ2) is 8.67. The van der Waals surface area contributed by atoms with E-state index in [1.807, 2.05) is 12.1 Å². The minimum atomic E-state index is 0.0833. The number of allylic oxidation sites excluding steroid dienone is 8. The summed E-state index contributed by atoms with van der Waals surface area (Å²) in [6.45, 7) is 0. The zero-order valence-corrected chi connectivity index (χ0v) is 14.7. The average Bonchev–Trinajstić information content (AvgIpc) is 3.32. The van der Waals surface area contributed by atoms with E-state index >= 15 is 0 Å². The standard InChI is InChI=1S/C12H10.2C5H5.Ti/c1-3-7-11(8-4-1)12-9-5-2-6-10-12;2*1-2-4-5-3-1;/h1-10H;2*1-3H,4H2;. The molecule has 0 heterocycles. The van der Waals surface area contributed by atoms with Gasteiger partial charge in [0, 0.05) is 0 Å². The predicted octanol–water partition coefficient (Wildman–Crippen LogP) is 6.11. The van der Waals surface area contributed by atoms with E-state index in [4.69, 9.17) is 0 Å². The molecule has 2 aliphatic carbocycles. The molecule has 0 N–H and O–H groups in total. The Kier molecular flexibility index (Phi) is 6.03. The molecule has 0 unspecified atom stereocenters. The van der Waals surface area contributed by atoms with Crippen molar-refractivity contribution >= 4 is 0 Å². The van der Waals surface area contributed by atoms with E-state index in [2.05, 4.69) is 85.0 Å². The first-order valence-corrected chi connectivity index (χ1v) is 9.57. The Labute approximate surface area is 147 Å². The van der Waals surface area contributed by atoms with Crippen molar-refractivity contribution in [3.8, 4) is 11.1 Å². The second-order valence-electron chi connectivity index (χ2n) is 5.51. The predicted molar refractivity (Wildman–Crippen MR) is 95.6 cm³/mol. The molecule has 2 aromatic carbocycles. The summed E-state index contributed by atoms with van der Waals surface area (Å²) in [5.41, 5.74) is 2.55. The molecule has 0 amide bonds. The topological polar surface area (TPSA) is 0 Å². The molecule has 0 nitrogen and oxygen atoms in total. The van der Waals surface area contributed by atoms with Gasteiger partial charge in [0.1, 0.15) is 0 Å². The molecule has 0 aliphatic heterocycles. The molecule has 112 valence electrons. The van der Waals surface area contributed by atoms with E-state index in [0.717, 1.165) is 0 Å². The maximum Gasteiger partial charge on any atom is -0.0184 e. The molecule has 0 radical (unpaired) electrons. The average molecular weight is 332 g/mol. The van der Waals surface area contributed by atoms with Crippen LogP contribution >= 0.6 is 0 Å². The second-order valence-corrected chi connectivity index (χ2v) is 7.90. The van der Waals surface area contributed by atoms with Gasteiger partial charge in [-0.25, -0.2) is 0 Å². The summed E-state index contributed by atoms with van der Waals surface area (Å²) in [6, 6.07) is 20.8. The fourth-order valence-corrected chi connectivity index (χ4v) is 4.44. The Balaban J connectivity index is 0.000000136. The molecule has 0 atom stereocenters. The Morgan fingerprint density at radius 3 is 1.35 bits per heavy atom. The Bertz CT molecular complexity index is 669. The van der Waals surface area contributed by atoms with Crippen molar-refractivity contribution in [3.63, 3.8) is 0 Å². The van der Waals surface area contributed by atoms with Crippen LogP contribution in [0.5, 0.6) is 0 Å². The van der Waals surface area contributed by atoms with Crippen molar-refractivity contribution in [3.05, 3.63) is 105 Å². The molecule has 0 bridgehead atoms. The van der Waals surface area contributed by atoms with Gasteiger partial charge in [0.05, 0.1) is 0 Å². The van der Waals surface area contributed by atoms with Crippen LogP contribution in [0.1, 0.15) is 12.8 Å². The first-order valence-electron chi connectivity index (χ1n) is 8.01. The summed E-state index contributed by atoms with van der Waals surface area (Å²) in [5, 5.41) is 0. The van der Waals surface area contributed by atoms with Crippen molar-refractivity contribution in [2.45, 2.75) is 12.8 Å². The summed E-state index contributed by atoms with van der Waals surface area (Å²) in [7, 11) is 0. The van der Waals surface area contributed by atoms with Gasteiger partial charge in [-0.05, 0) is 11.1 Å². The minimum Gasteiger partial charge on any atom is -0.0622 e. The number of hydrogen-bond acceptors (Lipinski definition) is 0. The third kappa shape index (κ3) is 5.06. The van der Waals surface area contributed by atoms with Gasteiger partial charge >= 0.3 is 76.2 Å². The van der Waals surface area contributed by atoms with Crippen LogP contribution in [0.3, 0.4) is 0 Å². The third-order valence-corrected chi connectivity index (χ3v) is 5.91. The maximum absolute atomic E-state index is 2.29. The Morgan fingerprint density at radius 1 is 0.565 bits per heavy atom. The van der Waals surface area contributed by atoms with E-state index in [1.165, 1.54) is 24.0 Å². The normalized spacial score (nSPS) is 14.8. The Morgan fingerprint density at radius 2 is 1.00 bits per heavy atom. The fourth-order valence-electron chi connectivity index (χ4n) is 2.55. The van der Waals surface area contributed by atoms with E-state index in [1.54, 1.807) is 7.76 Å². The zero-order valence-electron chi connectivity index (χ0n) is 13.2. The SMILES string of the molecule is C1=CC[C]([Ti][C]2=CC=CC2)=C1.c1ccc(-c2ccccc2)cc1. The largest absolute Gasteiger partial charge is 0.0622 e. The molecule has 1 heteroatoms. The molecule has 2 aromatic rings. The van der Waals surface area contributed by atoms with Crippen molar-refractivity contribution in [2.24, 2.45) is 0 Å². The molecule has 0 aromatic heterocycles. The molecule has 0 fully saturated rings.